The van der Waals surface area contributed by atoms with Crippen LogP contribution in [-0.4, -0.2) is 23.5 Å². The first-order valence-electron chi connectivity index (χ1n) is 4.69. The van der Waals surface area contributed by atoms with Crippen LogP contribution in [0.5, 0.6) is 0 Å². The summed E-state index contributed by atoms with van der Waals surface area (Å²) in [5.74, 6) is -1.03. The SMILES string of the molecule is O=C(O)[C@@H]1C[C@@H](C2CC2)CNC1=O. The highest BCUT2D eigenvalue weighted by Crippen LogP contribution is 2.40. The van der Waals surface area contributed by atoms with Crippen LogP contribution in [0.15, 0.2) is 0 Å². The fraction of sp³-hybridized carbons (Fsp3) is 0.778. The molecule has 4 nitrogen and oxygen atoms in total. The molecule has 1 aliphatic heterocycles. The van der Waals surface area contributed by atoms with E-state index >= 15 is 0 Å². The van der Waals surface area contributed by atoms with E-state index in [2.05, 4.69) is 5.32 Å². The van der Waals surface area contributed by atoms with Gasteiger partial charge in [-0.15, -0.1) is 0 Å². The Labute approximate surface area is 76.3 Å². The van der Waals surface area contributed by atoms with Crippen molar-refractivity contribution < 1.29 is 14.7 Å². The molecule has 13 heavy (non-hydrogen) atoms. The maximum atomic E-state index is 11.1. The number of carboxylic acids is 1. The molecule has 2 N–H and O–H groups in total. The van der Waals surface area contributed by atoms with Crippen LogP contribution in [0.3, 0.4) is 0 Å². The number of carboxylic acid groups (broad SMARTS) is 1. The van der Waals surface area contributed by atoms with E-state index in [1.165, 1.54) is 12.8 Å². The third kappa shape index (κ3) is 1.66. The Kier molecular flexibility index (Phi) is 1.98. The number of nitrogens with one attached hydrogen (secondary N) is 1. The molecule has 2 rings (SSSR count). The predicted molar refractivity (Wildman–Crippen MR) is 45.0 cm³/mol. The molecule has 2 fully saturated rings. The van der Waals surface area contributed by atoms with Crippen molar-refractivity contribution in [3.8, 4) is 0 Å². The maximum Gasteiger partial charge on any atom is 0.316 e. The molecular weight excluding hydrogens is 170 g/mol. The van der Waals surface area contributed by atoms with Crippen LogP contribution >= 0.6 is 0 Å². The third-order valence-electron chi connectivity index (χ3n) is 2.98. The fourth-order valence-corrected chi connectivity index (χ4v) is 1.99. The lowest BCUT2D eigenvalue weighted by atomic mass is 9.87. The molecule has 2 aliphatic rings. The molecule has 0 unspecified atom stereocenters. The second-order valence-electron chi connectivity index (χ2n) is 3.97. The van der Waals surface area contributed by atoms with Gasteiger partial charge in [0.05, 0.1) is 0 Å². The van der Waals surface area contributed by atoms with Crippen LogP contribution in [0.4, 0.5) is 0 Å². The van der Waals surface area contributed by atoms with Crippen molar-refractivity contribution in [2.45, 2.75) is 19.3 Å². The van der Waals surface area contributed by atoms with E-state index in [4.69, 9.17) is 5.11 Å². The van der Waals surface area contributed by atoms with Crippen molar-refractivity contribution in [1.29, 1.82) is 0 Å². The average molecular weight is 183 g/mol. The Morgan fingerprint density at radius 3 is 2.62 bits per heavy atom. The highest BCUT2D eigenvalue weighted by Gasteiger charge is 2.40. The summed E-state index contributed by atoms with van der Waals surface area (Å²) in [6.07, 6.45) is 2.94. The zero-order chi connectivity index (χ0) is 9.42. The Morgan fingerprint density at radius 2 is 2.08 bits per heavy atom. The number of amides is 1. The van der Waals surface area contributed by atoms with Crippen LogP contribution < -0.4 is 5.32 Å². The summed E-state index contributed by atoms with van der Waals surface area (Å²) >= 11 is 0. The van der Waals surface area contributed by atoms with Crippen molar-refractivity contribution in [3.05, 3.63) is 0 Å². The second-order valence-corrected chi connectivity index (χ2v) is 3.97. The van der Waals surface area contributed by atoms with E-state index < -0.39 is 11.9 Å². The number of carbonyl (C=O) groups is 2. The molecule has 4 heteroatoms. The Bertz CT molecular complexity index is 247. The third-order valence-corrected chi connectivity index (χ3v) is 2.98. The van der Waals surface area contributed by atoms with Gasteiger partial charge in [0.2, 0.25) is 5.91 Å². The molecular formula is C9H13NO3. The maximum absolute atomic E-state index is 11.1. The normalized spacial score (nSPS) is 34.0. The van der Waals surface area contributed by atoms with Crippen molar-refractivity contribution in [2.75, 3.05) is 6.54 Å². The topological polar surface area (TPSA) is 66.4 Å². The minimum atomic E-state index is -0.983. The number of rotatable bonds is 2. The van der Waals surface area contributed by atoms with Gasteiger partial charge in [0, 0.05) is 6.54 Å². The Balaban J connectivity index is 1.99. The monoisotopic (exact) mass is 183 g/mol. The van der Waals surface area contributed by atoms with Crippen LogP contribution in [-0.2, 0) is 9.59 Å². The van der Waals surface area contributed by atoms with E-state index in [-0.39, 0.29) is 5.91 Å². The number of hydrogen-bond donors (Lipinski definition) is 2. The van der Waals surface area contributed by atoms with Crippen LogP contribution in [0.25, 0.3) is 0 Å². The summed E-state index contributed by atoms with van der Waals surface area (Å²) in [6, 6.07) is 0. The minimum absolute atomic E-state index is 0.315. The first-order chi connectivity index (χ1) is 6.18. The highest BCUT2D eigenvalue weighted by molar-refractivity contribution is 5.97. The minimum Gasteiger partial charge on any atom is -0.481 e. The van der Waals surface area contributed by atoms with Gasteiger partial charge in [0.15, 0.2) is 0 Å². The smallest absolute Gasteiger partial charge is 0.316 e. The number of piperidine rings is 1. The zero-order valence-electron chi connectivity index (χ0n) is 7.32. The Hall–Kier alpha value is -1.06. The summed E-state index contributed by atoms with van der Waals surface area (Å²) in [4.78, 5) is 21.8. The zero-order valence-corrected chi connectivity index (χ0v) is 7.32. The predicted octanol–water partition coefficient (Wildman–Crippen LogP) is 0.233. The van der Waals surface area contributed by atoms with Gasteiger partial charge in [0.25, 0.3) is 0 Å². The number of hydrogen-bond acceptors (Lipinski definition) is 2. The molecule has 72 valence electrons. The molecule has 0 radical (unpaired) electrons. The van der Waals surface area contributed by atoms with Gasteiger partial charge < -0.3 is 10.4 Å². The van der Waals surface area contributed by atoms with Gasteiger partial charge in [-0.05, 0) is 31.1 Å². The summed E-state index contributed by atoms with van der Waals surface area (Å²) in [7, 11) is 0. The standard InChI is InChI=1S/C9H13NO3/c11-8-7(9(12)13)3-6(4-10-8)5-1-2-5/h5-7H,1-4H2,(H,10,11)(H,12,13)/t6-,7-/m1/s1. The van der Waals surface area contributed by atoms with Gasteiger partial charge in [-0.2, -0.15) is 0 Å². The second kappa shape index (κ2) is 3.01. The summed E-state index contributed by atoms with van der Waals surface area (Å²) in [5.41, 5.74) is 0. The van der Waals surface area contributed by atoms with Gasteiger partial charge in [-0.25, -0.2) is 0 Å². The van der Waals surface area contributed by atoms with Gasteiger partial charge in [-0.1, -0.05) is 0 Å². The Morgan fingerprint density at radius 1 is 1.38 bits per heavy atom. The van der Waals surface area contributed by atoms with E-state index in [0.29, 0.717) is 24.8 Å². The molecule has 1 heterocycles. The molecule has 1 saturated carbocycles. The lowest BCUT2D eigenvalue weighted by Crippen LogP contribution is -2.45. The first kappa shape index (κ1) is 8.53. The molecule has 1 saturated heterocycles. The molecule has 0 spiro atoms. The van der Waals surface area contributed by atoms with E-state index in [0.717, 1.165) is 0 Å². The largest absolute Gasteiger partial charge is 0.481 e. The van der Waals surface area contributed by atoms with Crippen LogP contribution in [0, 0.1) is 17.8 Å². The average Bonchev–Trinajstić information content (AvgIpc) is 2.87. The molecule has 0 bridgehead atoms. The molecule has 0 aromatic heterocycles. The van der Waals surface area contributed by atoms with Gasteiger partial charge >= 0.3 is 5.97 Å². The van der Waals surface area contributed by atoms with Crippen LogP contribution in [0.1, 0.15) is 19.3 Å². The number of carbonyl (C=O) groups excluding carboxylic acids is 1. The lowest BCUT2D eigenvalue weighted by molar-refractivity contribution is -0.149. The van der Waals surface area contributed by atoms with Gasteiger partial charge in [0.1, 0.15) is 5.92 Å². The fourth-order valence-electron chi connectivity index (χ4n) is 1.99. The van der Waals surface area contributed by atoms with E-state index in [9.17, 15) is 9.59 Å². The summed E-state index contributed by atoms with van der Waals surface area (Å²) in [5, 5.41) is 11.4. The summed E-state index contributed by atoms with van der Waals surface area (Å²) in [6.45, 7) is 0.674. The van der Waals surface area contributed by atoms with E-state index in [1.54, 1.807) is 0 Å². The highest BCUT2D eigenvalue weighted by atomic mass is 16.4. The summed E-state index contributed by atoms with van der Waals surface area (Å²) < 4.78 is 0. The molecule has 0 aromatic rings. The van der Waals surface area contributed by atoms with Crippen LogP contribution in [0.2, 0.25) is 0 Å². The quantitative estimate of drug-likeness (QED) is 0.602. The molecule has 1 amide bonds. The molecule has 0 aromatic carbocycles. The van der Waals surface area contributed by atoms with Crippen molar-refractivity contribution in [1.82, 2.24) is 5.32 Å². The molecule has 2 atom stereocenters. The first-order valence-corrected chi connectivity index (χ1v) is 4.69. The number of aliphatic carboxylic acids is 1. The van der Waals surface area contributed by atoms with Crippen molar-refractivity contribution in [2.24, 2.45) is 17.8 Å². The van der Waals surface area contributed by atoms with Gasteiger partial charge in [-0.3, -0.25) is 9.59 Å². The molecule has 1 aliphatic carbocycles. The van der Waals surface area contributed by atoms with Crippen molar-refractivity contribution in [3.63, 3.8) is 0 Å². The lowest BCUT2D eigenvalue weighted by Gasteiger charge is -2.26. The van der Waals surface area contributed by atoms with E-state index in [1.807, 2.05) is 0 Å². The van der Waals surface area contributed by atoms with Crippen molar-refractivity contribution >= 4 is 11.9 Å².